The first-order valence-corrected chi connectivity index (χ1v) is 4.79. The largest absolute Gasteiger partial charge is 0.368 e. The average molecular weight is 204 g/mol. The number of nitrogens with one attached hydrogen (secondary N) is 1. The van der Waals surface area contributed by atoms with Crippen LogP contribution in [0.15, 0.2) is 30.0 Å². The minimum absolute atomic E-state index is 0.288. The van der Waals surface area contributed by atoms with E-state index in [9.17, 15) is 0 Å². The minimum atomic E-state index is 0.288. The second-order valence-corrected chi connectivity index (χ2v) is 3.25. The van der Waals surface area contributed by atoms with Gasteiger partial charge in [-0.15, -0.1) is 0 Å². The molecule has 0 fully saturated rings. The molecule has 0 atom stereocenters. The lowest BCUT2D eigenvalue weighted by molar-refractivity contribution is 1.11. The fourth-order valence-electron chi connectivity index (χ4n) is 1.14. The molecule has 4 heteroatoms. The van der Waals surface area contributed by atoms with Crippen LogP contribution in [0.2, 0.25) is 0 Å². The van der Waals surface area contributed by atoms with E-state index in [4.69, 9.17) is 5.73 Å². The van der Waals surface area contributed by atoms with Crippen molar-refractivity contribution in [2.75, 3.05) is 11.1 Å². The summed E-state index contributed by atoms with van der Waals surface area (Å²) in [5.41, 5.74) is 7.40. The highest BCUT2D eigenvalue weighted by Crippen LogP contribution is 2.09. The number of allylic oxidation sites excluding steroid dienone is 4. The highest BCUT2D eigenvalue weighted by Gasteiger charge is 1.98. The van der Waals surface area contributed by atoms with Gasteiger partial charge in [0.2, 0.25) is 5.95 Å². The van der Waals surface area contributed by atoms with Gasteiger partial charge in [-0.2, -0.15) is 4.98 Å². The Kier molecular flexibility index (Phi) is 3.85. The van der Waals surface area contributed by atoms with Gasteiger partial charge >= 0.3 is 0 Å². The monoisotopic (exact) mass is 204 g/mol. The zero-order valence-electron chi connectivity index (χ0n) is 9.28. The van der Waals surface area contributed by atoms with Gasteiger partial charge < -0.3 is 11.1 Å². The highest BCUT2D eigenvalue weighted by molar-refractivity contribution is 5.45. The van der Waals surface area contributed by atoms with E-state index in [0.29, 0.717) is 0 Å². The molecule has 1 aromatic rings. The minimum Gasteiger partial charge on any atom is -0.368 e. The quantitative estimate of drug-likeness (QED) is 0.741. The van der Waals surface area contributed by atoms with Crippen molar-refractivity contribution < 1.29 is 0 Å². The van der Waals surface area contributed by atoms with E-state index in [-0.39, 0.29) is 5.95 Å². The summed E-state index contributed by atoms with van der Waals surface area (Å²) in [6.45, 7) is 5.82. The average Bonchev–Trinajstić information content (AvgIpc) is 2.13. The van der Waals surface area contributed by atoms with Crippen LogP contribution in [0.25, 0.3) is 0 Å². The molecule has 0 aromatic carbocycles. The van der Waals surface area contributed by atoms with E-state index < -0.39 is 0 Å². The lowest BCUT2D eigenvalue weighted by Gasteiger charge is -2.06. The molecule has 0 aliphatic rings. The topological polar surface area (TPSA) is 63.8 Å². The van der Waals surface area contributed by atoms with Crippen LogP contribution in [-0.4, -0.2) is 9.97 Å². The van der Waals surface area contributed by atoms with Crippen molar-refractivity contribution in [1.29, 1.82) is 0 Å². The Morgan fingerprint density at radius 1 is 1.47 bits per heavy atom. The molecule has 3 N–H and O–H groups in total. The molecule has 80 valence electrons. The molecule has 4 nitrogen and oxygen atoms in total. The van der Waals surface area contributed by atoms with Gasteiger partial charge in [0.1, 0.15) is 5.82 Å². The van der Waals surface area contributed by atoms with Gasteiger partial charge in [-0.25, -0.2) is 4.98 Å². The molecule has 0 unspecified atom stereocenters. The first-order chi connectivity index (χ1) is 7.11. The van der Waals surface area contributed by atoms with Gasteiger partial charge in [0.25, 0.3) is 0 Å². The van der Waals surface area contributed by atoms with Crippen molar-refractivity contribution in [3.05, 3.63) is 35.7 Å². The van der Waals surface area contributed by atoms with Gasteiger partial charge in [-0.1, -0.05) is 12.2 Å². The van der Waals surface area contributed by atoms with Crippen LogP contribution in [-0.2, 0) is 0 Å². The Morgan fingerprint density at radius 2 is 2.20 bits per heavy atom. The molecule has 0 saturated heterocycles. The van der Waals surface area contributed by atoms with Crippen LogP contribution < -0.4 is 11.1 Å². The zero-order valence-corrected chi connectivity index (χ0v) is 9.28. The van der Waals surface area contributed by atoms with Crippen LogP contribution in [0.4, 0.5) is 11.8 Å². The first-order valence-electron chi connectivity index (χ1n) is 4.79. The van der Waals surface area contributed by atoms with Gasteiger partial charge in [0, 0.05) is 17.5 Å². The second-order valence-electron chi connectivity index (χ2n) is 3.25. The Balaban J connectivity index is 2.80. The van der Waals surface area contributed by atoms with Crippen molar-refractivity contribution in [3.63, 3.8) is 0 Å². The predicted molar refractivity (Wildman–Crippen MR) is 63.4 cm³/mol. The summed E-state index contributed by atoms with van der Waals surface area (Å²) in [5, 5.41) is 3.14. The molecule has 0 aliphatic carbocycles. The molecule has 0 radical (unpaired) electrons. The molecule has 1 aromatic heterocycles. The van der Waals surface area contributed by atoms with E-state index in [0.717, 1.165) is 17.2 Å². The van der Waals surface area contributed by atoms with Crippen molar-refractivity contribution in [2.45, 2.75) is 20.8 Å². The van der Waals surface area contributed by atoms with Crippen LogP contribution in [0, 0.1) is 6.92 Å². The number of anilines is 2. The number of aromatic nitrogens is 2. The number of nitrogen functional groups attached to an aromatic ring is 1. The van der Waals surface area contributed by atoms with Crippen molar-refractivity contribution in [3.8, 4) is 0 Å². The standard InChI is InChI=1S/C11H16N4/c1-4-5-6-8(2)13-10-7-9(3)14-11(12)15-10/h4-7H,1-3H3,(H3,12,13,14,15)/b5-4-,8-6+. The van der Waals surface area contributed by atoms with Crippen LogP contribution in [0.1, 0.15) is 19.5 Å². The lowest BCUT2D eigenvalue weighted by atomic mass is 10.3. The van der Waals surface area contributed by atoms with Crippen LogP contribution in [0.5, 0.6) is 0 Å². The number of nitrogens with two attached hydrogens (primary N) is 1. The van der Waals surface area contributed by atoms with Crippen molar-refractivity contribution in [2.24, 2.45) is 0 Å². The molecule has 0 aliphatic heterocycles. The Bertz CT molecular complexity index is 373. The van der Waals surface area contributed by atoms with E-state index in [1.807, 2.05) is 45.1 Å². The molecule has 0 amide bonds. The van der Waals surface area contributed by atoms with Gasteiger partial charge in [0.05, 0.1) is 0 Å². The lowest BCUT2D eigenvalue weighted by Crippen LogP contribution is -2.03. The van der Waals surface area contributed by atoms with E-state index in [2.05, 4.69) is 15.3 Å². The number of hydrogen-bond donors (Lipinski definition) is 2. The number of hydrogen-bond acceptors (Lipinski definition) is 4. The summed E-state index contributed by atoms with van der Waals surface area (Å²) in [6, 6.07) is 1.85. The van der Waals surface area contributed by atoms with E-state index in [1.165, 1.54) is 0 Å². The molecule has 15 heavy (non-hydrogen) atoms. The summed E-state index contributed by atoms with van der Waals surface area (Å²) in [5.74, 6) is 1.01. The normalized spacial score (nSPS) is 12.1. The molecular formula is C11H16N4. The number of aryl methyl sites for hydroxylation is 1. The molecule has 1 rings (SSSR count). The number of nitrogens with zero attached hydrogens (tertiary/aromatic N) is 2. The third-order valence-electron chi connectivity index (χ3n) is 1.74. The summed E-state index contributed by atoms with van der Waals surface area (Å²) >= 11 is 0. The van der Waals surface area contributed by atoms with Gasteiger partial charge in [-0.3, -0.25) is 0 Å². The smallest absolute Gasteiger partial charge is 0.222 e. The molecular weight excluding hydrogens is 188 g/mol. The Hall–Kier alpha value is -1.84. The van der Waals surface area contributed by atoms with Crippen molar-refractivity contribution >= 4 is 11.8 Å². The highest BCUT2D eigenvalue weighted by atomic mass is 15.1. The van der Waals surface area contributed by atoms with E-state index >= 15 is 0 Å². The third kappa shape index (κ3) is 3.81. The van der Waals surface area contributed by atoms with Crippen LogP contribution >= 0.6 is 0 Å². The predicted octanol–water partition coefficient (Wildman–Crippen LogP) is 2.26. The summed E-state index contributed by atoms with van der Waals surface area (Å²) in [4.78, 5) is 8.07. The maximum atomic E-state index is 5.54. The van der Waals surface area contributed by atoms with Gasteiger partial charge in [-0.05, 0) is 26.8 Å². The maximum absolute atomic E-state index is 5.54. The SMILES string of the molecule is C/C=C\C=C(/C)Nc1cc(C)nc(N)n1. The molecule has 0 saturated carbocycles. The molecule has 1 heterocycles. The Morgan fingerprint density at radius 3 is 2.80 bits per heavy atom. The Labute approximate surface area is 89.9 Å². The fourth-order valence-corrected chi connectivity index (χ4v) is 1.14. The van der Waals surface area contributed by atoms with E-state index in [1.54, 1.807) is 0 Å². The second kappa shape index (κ2) is 5.14. The van der Waals surface area contributed by atoms with Crippen LogP contribution in [0.3, 0.4) is 0 Å². The maximum Gasteiger partial charge on any atom is 0.222 e. The summed E-state index contributed by atoms with van der Waals surface area (Å²) < 4.78 is 0. The fraction of sp³-hybridized carbons (Fsp3) is 0.273. The third-order valence-corrected chi connectivity index (χ3v) is 1.74. The first kappa shape index (κ1) is 11.2. The van der Waals surface area contributed by atoms with Crippen molar-refractivity contribution in [1.82, 2.24) is 9.97 Å². The summed E-state index contributed by atoms with van der Waals surface area (Å²) in [7, 11) is 0. The molecule has 0 spiro atoms. The van der Waals surface area contributed by atoms with Gasteiger partial charge in [0.15, 0.2) is 0 Å². The number of rotatable bonds is 3. The molecule has 0 bridgehead atoms. The summed E-state index contributed by atoms with van der Waals surface area (Å²) in [6.07, 6.45) is 5.89. The zero-order chi connectivity index (χ0) is 11.3.